The lowest BCUT2D eigenvalue weighted by Crippen LogP contribution is -2.35. The molecule has 3 aliphatic rings. The third kappa shape index (κ3) is 4.51. The first-order valence-corrected chi connectivity index (χ1v) is 12.1. The molecule has 31 heavy (non-hydrogen) atoms. The zero-order valence-corrected chi connectivity index (χ0v) is 18.5. The van der Waals surface area contributed by atoms with E-state index in [0.29, 0.717) is 31.5 Å². The molecule has 0 bridgehead atoms. The predicted molar refractivity (Wildman–Crippen MR) is 123 cm³/mol. The van der Waals surface area contributed by atoms with E-state index in [1.165, 1.54) is 36.1 Å². The molecular formula is C24H28N4O2S. The van der Waals surface area contributed by atoms with Crippen molar-refractivity contribution >= 4 is 34.5 Å². The van der Waals surface area contributed by atoms with E-state index in [2.05, 4.69) is 28.5 Å². The van der Waals surface area contributed by atoms with E-state index in [9.17, 15) is 9.59 Å². The number of rotatable bonds is 4. The van der Waals surface area contributed by atoms with Crippen LogP contribution in [0.15, 0.2) is 35.9 Å². The number of fused-ring (bicyclic) bond motifs is 1. The zero-order chi connectivity index (χ0) is 21.2. The summed E-state index contributed by atoms with van der Waals surface area (Å²) >= 11 is 1.60. The molecule has 0 unspecified atom stereocenters. The largest absolute Gasteiger partial charge is 0.339 e. The van der Waals surface area contributed by atoms with E-state index in [-0.39, 0.29) is 6.03 Å². The second-order valence-corrected chi connectivity index (χ2v) is 9.70. The Kier molecular flexibility index (Phi) is 5.76. The summed E-state index contributed by atoms with van der Waals surface area (Å²) in [6, 6.07) is 7.93. The second-order valence-electron chi connectivity index (χ2n) is 8.76. The van der Waals surface area contributed by atoms with Crippen LogP contribution in [0.4, 0.5) is 10.5 Å². The minimum absolute atomic E-state index is 0.0914. The molecule has 1 fully saturated rings. The van der Waals surface area contributed by atoms with E-state index < -0.39 is 0 Å². The van der Waals surface area contributed by atoms with Crippen molar-refractivity contribution in [1.29, 1.82) is 0 Å². The highest BCUT2D eigenvalue weighted by atomic mass is 32.1. The van der Waals surface area contributed by atoms with Gasteiger partial charge in [0.15, 0.2) is 0 Å². The minimum atomic E-state index is -0.0914. The van der Waals surface area contributed by atoms with Crippen LogP contribution in [0.2, 0.25) is 0 Å². The molecule has 0 spiro atoms. The summed E-state index contributed by atoms with van der Waals surface area (Å²) in [5.41, 5.74) is 6.08. The average molecular weight is 437 g/mol. The van der Waals surface area contributed by atoms with Crippen LogP contribution >= 0.6 is 11.3 Å². The van der Waals surface area contributed by atoms with Gasteiger partial charge in [-0.3, -0.25) is 4.79 Å². The lowest BCUT2D eigenvalue weighted by atomic mass is 9.98. The van der Waals surface area contributed by atoms with Gasteiger partial charge in [-0.1, -0.05) is 31.1 Å². The van der Waals surface area contributed by atoms with Gasteiger partial charge in [-0.15, -0.1) is 11.3 Å². The molecule has 5 rings (SSSR count). The highest BCUT2D eigenvalue weighted by Gasteiger charge is 2.26. The van der Waals surface area contributed by atoms with Crippen molar-refractivity contribution in [3.63, 3.8) is 0 Å². The van der Waals surface area contributed by atoms with Gasteiger partial charge in [-0.25, -0.2) is 9.78 Å². The van der Waals surface area contributed by atoms with Crippen molar-refractivity contribution in [3.8, 4) is 0 Å². The van der Waals surface area contributed by atoms with E-state index in [4.69, 9.17) is 0 Å². The van der Waals surface area contributed by atoms with Crippen LogP contribution in [0.1, 0.15) is 54.7 Å². The van der Waals surface area contributed by atoms with Crippen molar-refractivity contribution in [2.24, 2.45) is 5.92 Å². The molecule has 0 atom stereocenters. The summed E-state index contributed by atoms with van der Waals surface area (Å²) in [4.78, 5) is 34.4. The number of nitrogens with zero attached hydrogens (tertiary/aromatic N) is 3. The molecule has 1 N–H and O–H groups in total. The third-order valence-corrected chi connectivity index (χ3v) is 7.55. The first-order valence-electron chi connectivity index (χ1n) is 11.2. The van der Waals surface area contributed by atoms with E-state index >= 15 is 0 Å². The molecule has 7 heteroatoms. The van der Waals surface area contributed by atoms with Gasteiger partial charge in [0.05, 0.1) is 24.3 Å². The number of thiazole rings is 1. The number of hydrogen-bond acceptors (Lipinski definition) is 4. The third-order valence-electron chi connectivity index (χ3n) is 6.69. The van der Waals surface area contributed by atoms with E-state index in [0.717, 1.165) is 36.3 Å². The number of carbonyl (C=O) groups is 2. The maximum Gasteiger partial charge on any atom is 0.322 e. The number of aromatic nitrogens is 1. The molecule has 6 nitrogen and oxygen atoms in total. The molecule has 3 heterocycles. The maximum atomic E-state index is 12.6. The number of benzene rings is 1. The monoisotopic (exact) mass is 436 g/mol. The van der Waals surface area contributed by atoms with Crippen molar-refractivity contribution in [2.75, 3.05) is 18.4 Å². The highest BCUT2D eigenvalue weighted by molar-refractivity contribution is 7.09. The van der Waals surface area contributed by atoms with Crippen molar-refractivity contribution in [2.45, 2.75) is 51.6 Å². The summed E-state index contributed by atoms with van der Waals surface area (Å²) in [7, 11) is 0. The summed E-state index contributed by atoms with van der Waals surface area (Å²) in [5, 5.41) is 2.99. The fourth-order valence-electron chi connectivity index (χ4n) is 4.82. The number of carbonyl (C=O) groups excluding carboxylic acids is 2. The van der Waals surface area contributed by atoms with Crippen molar-refractivity contribution < 1.29 is 9.59 Å². The van der Waals surface area contributed by atoms with Gasteiger partial charge in [0.2, 0.25) is 5.91 Å². The summed E-state index contributed by atoms with van der Waals surface area (Å²) < 4.78 is 0. The Morgan fingerprint density at radius 2 is 1.90 bits per heavy atom. The van der Waals surface area contributed by atoms with Crippen LogP contribution in [0.3, 0.4) is 0 Å². The average Bonchev–Trinajstić information content (AvgIpc) is 3.52. The highest BCUT2D eigenvalue weighted by Crippen LogP contribution is 2.30. The lowest BCUT2D eigenvalue weighted by molar-refractivity contribution is -0.131. The van der Waals surface area contributed by atoms with Gasteiger partial charge in [-0.05, 0) is 48.4 Å². The maximum absolute atomic E-state index is 12.6. The molecule has 2 aromatic rings. The van der Waals surface area contributed by atoms with Crippen LogP contribution in [0, 0.1) is 5.92 Å². The Hall–Kier alpha value is -2.67. The molecule has 1 saturated carbocycles. The first-order chi connectivity index (χ1) is 15.2. The van der Waals surface area contributed by atoms with Gasteiger partial charge in [0.25, 0.3) is 0 Å². The number of hydrogen-bond donors (Lipinski definition) is 1. The summed E-state index contributed by atoms with van der Waals surface area (Å²) in [5.74, 6) is 0.913. The number of urea groups is 1. The molecule has 1 aromatic carbocycles. The molecule has 2 aliphatic heterocycles. The Labute approximate surface area is 187 Å². The SMILES string of the molecule is O=C(CC1CCCC1)N1CC=C(c2ccc(NC(=O)N3Cc4ncsc4C3)cc2)CC1. The molecular weight excluding hydrogens is 408 g/mol. The number of nitrogens with one attached hydrogen (secondary N) is 1. The normalized spacial score (nSPS) is 18.8. The Morgan fingerprint density at radius 1 is 1.10 bits per heavy atom. The van der Waals surface area contributed by atoms with Crippen LogP contribution in [-0.4, -0.2) is 39.8 Å². The van der Waals surface area contributed by atoms with E-state index in [1.807, 2.05) is 22.5 Å². The topological polar surface area (TPSA) is 65.5 Å². The molecule has 3 amide bonds. The van der Waals surface area contributed by atoms with Crippen LogP contribution in [0.5, 0.6) is 0 Å². The number of anilines is 1. The van der Waals surface area contributed by atoms with E-state index in [1.54, 1.807) is 16.2 Å². The molecule has 1 aliphatic carbocycles. The molecule has 1 aromatic heterocycles. The Morgan fingerprint density at radius 3 is 2.61 bits per heavy atom. The Balaban J connectivity index is 1.14. The van der Waals surface area contributed by atoms with Crippen molar-refractivity contribution in [1.82, 2.24) is 14.8 Å². The first kappa shape index (κ1) is 20.2. The summed E-state index contributed by atoms with van der Waals surface area (Å²) in [6.45, 7) is 2.70. The molecule has 0 saturated heterocycles. The van der Waals surface area contributed by atoms with Gasteiger partial charge < -0.3 is 15.1 Å². The minimum Gasteiger partial charge on any atom is -0.339 e. The zero-order valence-electron chi connectivity index (χ0n) is 17.7. The standard InChI is InChI=1S/C24H28N4O2S/c29-23(13-17-3-1-2-4-17)27-11-9-19(10-12-27)18-5-7-20(8-6-18)26-24(30)28-14-21-22(15-28)31-16-25-21/h5-9,16-17H,1-4,10-15H2,(H,26,30). The predicted octanol–water partition coefficient (Wildman–Crippen LogP) is 4.89. The second kappa shape index (κ2) is 8.83. The quantitative estimate of drug-likeness (QED) is 0.742. The molecule has 0 radical (unpaired) electrons. The smallest absolute Gasteiger partial charge is 0.322 e. The fraction of sp³-hybridized carbons (Fsp3) is 0.458. The van der Waals surface area contributed by atoms with Crippen LogP contribution < -0.4 is 5.32 Å². The fourth-order valence-corrected chi connectivity index (χ4v) is 5.61. The lowest BCUT2D eigenvalue weighted by Gasteiger charge is -2.28. The van der Waals surface area contributed by atoms with Crippen LogP contribution in [0.25, 0.3) is 5.57 Å². The molecule has 162 valence electrons. The number of amides is 3. The van der Waals surface area contributed by atoms with Gasteiger partial charge in [-0.2, -0.15) is 0 Å². The van der Waals surface area contributed by atoms with Crippen LogP contribution in [-0.2, 0) is 17.9 Å². The Bertz CT molecular complexity index is 971. The van der Waals surface area contributed by atoms with Gasteiger partial charge in [0, 0.05) is 30.1 Å². The van der Waals surface area contributed by atoms with Gasteiger partial charge >= 0.3 is 6.03 Å². The van der Waals surface area contributed by atoms with Gasteiger partial charge in [0.1, 0.15) is 0 Å². The summed E-state index contributed by atoms with van der Waals surface area (Å²) in [6.07, 6.45) is 8.77. The van der Waals surface area contributed by atoms with Crippen molar-refractivity contribution in [3.05, 3.63) is 52.0 Å².